The highest BCUT2D eigenvalue weighted by molar-refractivity contribution is 7.47. The SMILES string of the molecule is CNc1ccccc1C(=O)O[C@H]1[C@@H](O)[C@H](n2cnc3c(N)ncnc32)O[C@@H]1CO[P+](=O)O[P+](=O)O. The number of aliphatic hydroxyl groups excluding tert-OH is 1. The minimum Gasteiger partial charge on any atom is -0.453 e. The molecular formula is C18H20N6O9P2+2. The minimum absolute atomic E-state index is 0.111. The lowest BCUT2D eigenvalue weighted by Gasteiger charge is -2.20. The molecule has 0 spiro atoms. The number of imidazole rings is 1. The second kappa shape index (κ2) is 10.6. The molecule has 184 valence electrons. The summed E-state index contributed by atoms with van der Waals surface area (Å²) in [5.41, 5.74) is 7.03. The Morgan fingerprint density at radius 3 is 2.80 bits per heavy atom. The van der Waals surface area contributed by atoms with E-state index in [-0.39, 0.29) is 22.5 Å². The van der Waals surface area contributed by atoms with Gasteiger partial charge < -0.3 is 25.6 Å². The highest BCUT2D eigenvalue weighted by Gasteiger charge is 2.50. The van der Waals surface area contributed by atoms with Gasteiger partial charge in [-0.2, -0.15) is 0 Å². The van der Waals surface area contributed by atoms with E-state index in [1.165, 1.54) is 23.3 Å². The van der Waals surface area contributed by atoms with Gasteiger partial charge in [-0.25, -0.2) is 19.7 Å². The number of ether oxygens (including phenoxy) is 2. The Bertz CT molecular complexity index is 1270. The number of aromatic nitrogens is 4. The number of fused-ring (bicyclic) bond motifs is 1. The minimum atomic E-state index is -3.17. The number of nitrogens with one attached hydrogen (secondary N) is 1. The number of para-hydroxylation sites is 1. The summed E-state index contributed by atoms with van der Waals surface area (Å²) in [4.78, 5) is 33.8. The molecule has 15 nitrogen and oxygen atoms in total. The third-order valence-electron chi connectivity index (χ3n) is 5.11. The van der Waals surface area contributed by atoms with Crippen LogP contribution in [0.4, 0.5) is 11.5 Å². The van der Waals surface area contributed by atoms with E-state index in [9.17, 15) is 19.0 Å². The van der Waals surface area contributed by atoms with Gasteiger partial charge in [0.15, 0.2) is 28.1 Å². The molecule has 2 aromatic heterocycles. The van der Waals surface area contributed by atoms with Crippen LogP contribution in [0, 0.1) is 0 Å². The monoisotopic (exact) mass is 526 g/mol. The molecule has 1 aromatic carbocycles. The van der Waals surface area contributed by atoms with Crippen molar-refractivity contribution in [2.75, 3.05) is 24.7 Å². The summed E-state index contributed by atoms with van der Waals surface area (Å²) in [6.07, 6.45) is -2.54. The fraction of sp³-hybridized carbons (Fsp3) is 0.333. The standard InChI is InChI=1S/C18H18N6O9P2/c1-20-10-5-3-2-4-9(10)18(26)32-14-11(6-30-35(29)33-34(27)28)31-17(13(14)25)24-8-23-12-15(19)21-7-22-16(12)24/h2-5,7-8,11,13-14,17,25H,6H2,1H3,(H2-2,19,20,21,22,26,27,28)/p+2/t11-,13-,14-,17-/m1/s1. The van der Waals surface area contributed by atoms with Gasteiger partial charge in [0, 0.05) is 21.9 Å². The van der Waals surface area contributed by atoms with E-state index in [1.807, 2.05) is 0 Å². The summed E-state index contributed by atoms with van der Waals surface area (Å²) in [7, 11) is -4.53. The molecule has 17 heteroatoms. The van der Waals surface area contributed by atoms with Crippen LogP contribution in [-0.4, -0.2) is 67.5 Å². The van der Waals surface area contributed by atoms with Crippen molar-refractivity contribution < 1.29 is 42.2 Å². The Kier molecular flexibility index (Phi) is 7.57. The number of carbonyl (C=O) groups excluding carboxylic acids is 1. The zero-order valence-corrected chi connectivity index (χ0v) is 19.8. The quantitative estimate of drug-likeness (QED) is 0.229. The summed E-state index contributed by atoms with van der Waals surface area (Å²) in [5, 5.41) is 13.9. The van der Waals surface area contributed by atoms with Crippen molar-refractivity contribution in [3.8, 4) is 0 Å². The second-order valence-electron chi connectivity index (χ2n) is 7.14. The third-order valence-corrected chi connectivity index (χ3v) is 6.56. The summed E-state index contributed by atoms with van der Waals surface area (Å²) in [5.74, 6) is -0.658. The number of rotatable bonds is 9. The van der Waals surface area contributed by atoms with Crippen LogP contribution in [0.5, 0.6) is 0 Å². The van der Waals surface area contributed by atoms with Gasteiger partial charge in [-0.1, -0.05) is 12.1 Å². The zero-order valence-electron chi connectivity index (χ0n) is 18.0. The van der Waals surface area contributed by atoms with Crippen molar-refractivity contribution in [3.63, 3.8) is 0 Å². The van der Waals surface area contributed by atoms with Crippen molar-refractivity contribution in [3.05, 3.63) is 42.5 Å². The van der Waals surface area contributed by atoms with Crippen molar-refractivity contribution in [1.82, 2.24) is 19.5 Å². The maximum Gasteiger partial charge on any atom is 0.747 e. The molecule has 3 aromatic rings. The average Bonchev–Trinajstić information content (AvgIpc) is 3.39. The first-order chi connectivity index (χ1) is 16.8. The highest BCUT2D eigenvalue weighted by atomic mass is 31.2. The number of esters is 1. The van der Waals surface area contributed by atoms with Gasteiger partial charge >= 0.3 is 22.5 Å². The van der Waals surface area contributed by atoms with Crippen LogP contribution in [0.15, 0.2) is 36.9 Å². The molecule has 6 atom stereocenters. The van der Waals surface area contributed by atoms with Gasteiger partial charge in [0.2, 0.25) is 0 Å². The Balaban J connectivity index is 1.61. The average molecular weight is 526 g/mol. The predicted molar refractivity (Wildman–Crippen MR) is 119 cm³/mol. The lowest BCUT2D eigenvalue weighted by Crippen LogP contribution is -2.38. The summed E-state index contributed by atoms with van der Waals surface area (Å²) < 4.78 is 44.4. The Morgan fingerprint density at radius 2 is 2.06 bits per heavy atom. The number of anilines is 2. The summed E-state index contributed by atoms with van der Waals surface area (Å²) in [6.45, 7) is -0.513. The maximum atomic E-state index is 12.9. The van der Waals surface area contributed by atoms with Crippen LogP contribution >= 0.6 is 16.5 Å². The molecule has 4 rings (SSSR count). The van der Waals surface area contributed by atoms with Crippen LogP contribution in [0.25, 0.3) is 11.2 Å². The first-order valence-corrected chi connectivity index (χ1v) is 12.2. The zero-order chi connectivity index (χ0) is 25.1. The molecule has 0 amide bonds. The van der Waals surface area contributed by atoms with E-state index in [4.69, 9.17) is 24.6 Å². The maximum absolute atomic E-state index is 12.9. The number of benzene rings is 1. The second-order valence-corrected chi connectivity index (χ2v) is 8.98. The lowest BCUT2D eigenvalue weighted by molar-refractivity contribution is -0.0490. The fourth-order valence-corrected chi connectivity index (χ4v) is 4.48. The Morgan fingerprint density at radius 1 is 1.29 bits per heavy atom. The number of aliphatic hydroxyl groups is 1. The topological polar surface area (TPSA) is 210 Å². The first kappa shape index (κ1) is 24.9. The summed E-state index contributed by atoms with van der Waals surface area (Å²) in [6, 6.07) is 6.57. The van der Waals surface area contributed by atoms with Crippen molar-refractivity contribution in [2.24, 2.45) is 0 Å². The number of nitrogens with two attached hydrogens (primary N) is 1. The van der Waals surface area contributed by atoms with Gasteiger partial charge in [-0.15, -0.1) is 9.42 Å². The molecule has 3 heterocycles. The van der Waals surface area contributed by atoms with Crippen molar-refractivity contribution in [1.29, 1.82) is 0 Å². The lowest BCUT2D eigenvalue weighted by atomic mass is 10.1. The van der Waals surface area contributed by atoms with Crippen molar-refractivity contribution in [2.45, 2.75) is 24.5 Å². The number of nitrogens with zero attached hydrogens (tertiary/aromatic N) is 4. The van der Waals surface area contributed by atoms with E-state index in [1.54, 1.807) is 25.2 Å². The molecule has 0 bridgehead atoms. The van der Waals surface area contributed by atoms with Crippen molar-refractivity contribution >= 4 is 45.1 Å². The van der Waals surface area contributed by atoms with Gasteiger partial charge in [0.05, 0.1) is 11.9 Å². The molecular weight excluding hydrogens is 506 g/mol. The van der Waals surface area contributed by atoms with E-state index in [2.05, 4.69) is 24.6 Å². The molecule has 0 aliphatic carbocycles. The smallest absolute Gasteiger partial charge is 0.453 e. The number of nitrogen functional groups attached to an aromatic ring is 1. The molecule has 5 N–H and O–H groups in total. The largest absolute Gasteiger partial charge is 0.747 e. The Hall–Kier alpha value is -3.16. The van der Waals surface area contributed by atoms with E-state index >= 15 is 0 Å². The van der Waals surface area contributed by atoms with Gasteiger partial charge in [-0.05, 0) is 12.1 Å². The van der Waals surface area contributed by atoms with Crippen LogP contribution in [0.3, 0.4) is 0 Å². The highest BCUT2D eigenvalue weighted by Crippen LogP contribution is 2.39. The molecule has 0 saturated carbocycles. The molecule has 0 radical (unpaired) electrons. The number of hydrogen-bond donors (Lipinski definition) is 4. The van der Waals surface area contributed by atoms with Crippen LogP contribution in [-0.2, 0) is 27.4 Å². The molecule has 1 saturated heterocycles. The van der Waals surface area contributed by atoms with E-state index < -0.39 is 53.6 Å². The molecule has 1 aliphatic heterocycles. The third kappa shape index (κ3) is 5.26. The molecule has 35 heavy (non-hydrogen) atoms. The first-order valence-electron chi connectivity index (χ1n) is 9.98. The van der Waals surface area contributed by atoms with Gasteiger partial charge in [0.25, 0.3) is 0 Å². The normalized spacial score (nSPS) is 22.7. The van der Waals surface area contributed by atoms with E-state index in [0.29, 0.717) is 5.69 Å². The number of hydrogen-bond acceptors (Lipinski definition) is 13. The molecule has 1 aliphatic rings. The van der Waals surface area contributed by atoms with Crippen LogP contribution in [0.2, 0.25) is 0 Å². The fourth-order valence-electron chi connectivity index (χ4n) is 3.57. The van der Waals surface area contributed by atoms with Gasteiger partial charge in [0.1, 0.15) is 30.7 Å². The van der Waals surface area contributed by atoms with E-state index in [0.717, 1.165) is 0 Å². The Labute approximate surface area is 199 Å². The van der Waals surface area contributed by atoms with Gasteiger partial charge in [-0.3, -0.25) is 4.57 Å². The van der Waals surface area contributed by atoms with Crippen LogP contribution in [0.1, 0.15) is 16.6 Å². The van der Waals surface area contributed by atoms with Crippen LogP contribution < -0.4 is 11.1 Å². The number of carbonyl (C=O) groups is 1. The summed E-state index contributed by atoms with van der Waals surface area (Å²) >= 11 is 0. The molecule has 1 fully saturated rings. The molecule has 2 unspecified atom stereocenters. The predicted octanol–water partition coefficient (Wildman–Crippen LogP) is 1.27.